The summed E-state index contributed by atoms with van der Waals surface area (Å²) in [7, 11) is 0. The standard InChI is InChI=1S/C23H32F4O6.C22H30F4O6/c1-4-20(2,3)17(28)31-5-6-32-18(29)22(24,25)13-23(26,27)19(30)33-21-10-14-7-15(11-21)9-16(8-14)12-21;1-3-13(2)17(27)30-4-5-31-18(28)21(23,24)12-22(25,26)19(29)32-20-9-14-6-15(10-20)8-16(7-14)11-20/h14-16H,4-13H2,1-3H3;13-16H,3-12H2,1-2H3. The molecule has 8 fully saturated rings. The molecule has 8 aliphatic rings. The molecule has 0 radical (unpaired) electrons. The van der Waals surface area contributed by atoms with Crippen molar-refractivity contribution in [1.29, 1.82) is 0 Å². The van der Waals surface area contributed by atoms with E-state index in [1.807, 2.05) is 0 Å². The molecule has 370 valence electrons. The number of alkyl halides is 8. The van der Waals surface area contributed by atoms with E-state index in [2.05, 4.69) is 9.47 Å². The smallest absolute Gasteiger partial charge is 0.377 e. The van der Waals surface area contributed by atoms with E-state index in [9.17, 15) is 63.9 Å². The average molecular weight is 947 g/mol. The lowest BCUT2D eigenvalue weighted by molar-refractivity contribution is -0.220. The van der Waals surface area contributed by atoms with Gasteiger partial charge >= 0.3 is 59.5 Å². The van der Waals surface area contributed by atoms with Crippen molar-refractivity contribution in [3.8, 4) is 0 Å². The van der Waals surface area contributed by atoms with E-state index >= 15 is 0 Å². The number of rotatable bonds is 20. The van der Waals surface area contributed by atoms with Crippen LogP contribution in [0.25, 0.3) is 0 Å². The number of carbonyl (C=O) groups excluding carboxylic acids is 6. The Kier molecular flexibility index (Phi) is 15.9. The van der Waals surface area contributed by atoms with Gasteiger partial charge in [0.05, 0.1) is 24.2 Å². The number of hydrogen-bond acceptors (Lipinski definition) is 12. The normalized spacial score (nSPS) is 29.5. The van der Waals surface area contributed by atoms with Gasteiger partial charge in [-0.2, -0.15) is 35.1 Å². The van der Waals surface area contributed by atoms with Gasteiger partial charge in [0.1, 0.15) is 37.6 Å². The molecule has 8 aliphatic carbocycles. The summed E-state index contributed by atoms with van der Waals surface area (Å²) >= 11 is 0. The third kappa shape index (κ3) is 13.0. The first-order valence-electron chi connectivity index (χ1n) is 22.7. The minimum atomic E-state index is -4.61. The summed E-state index contributed by atoms with van der Waals surface area (Å²) in [6.45, 7) is 5.97. The molecule has 0 aromatic heterocycles. The van der Waals surface area contributed by atoms with Crippen molar-refractivity contribution in [2.24, 2.45) is 46.8 Å². The molecule has 0 spiro atoms. The molecule has 20 heteroatoms. The zero-order chi connectivity index (χ0) is 48.4. The summed E-state index contributed by atoms with van der Waals surface area (Å²) in [5.41, 5.74) is -2.82. The van der Waals surface area contributed by atoms with E-state index in [-0.39, 0.29) is 0 Å². The van der Waals surface area contributed by atoms with Gasteiger partial charge in [-0.25, -0.2) is 19.2 Å². The summed E-state index contributed by atoms with van der Waals surface area (Å²) in [4.78, 5) is 70.9. The second kappa shape index (κ2) is 19.8. The van der Waals surface area contributed by atoms with Crippen LogP contribution < -0.4 is 0 Å². The maximum atomic E-state index is 14.4. The van der Waals surface area contributed by atoms with Gasteiger partial charge in [0.25, 0.3) is 0 Å². The lowest BCUT2D eigenvalue weighted by Crippen LogP contribution is -2.55. The van der Waals surface area contributed by atoms with Gasteiger partial charge in [-0.1, -0.05) is 20.8 Å². The molecule has 0 saturated heterocycles. The van der Waals surface area contributed by atoms with Crippen LogP contribution in [-0.4, -0.2) is 97.1 Å². The largest absolute Gasteiger partial charge is 0.462 e. The summed E-state index contributed by atoms with van der Waals surface area (Å²) in [5.74, 6) is -26.5. The highest BCUT2D eigenvalue weighted by atomic mass is 19.3. The Labute approximate surface area is 373 Å². The third-order valence-electron chi connectivity index (χ3n) is 14.2. The Morgan fingerprint density at radius 2 is 0.754 bits per heavy atom. The minimum absolute atomic E-state index is 0.311. The van der Waals surface area contributed by atoms with Crippen molar-refractivity contribution < 1.29 is 92.3 Å². The van der Waals surface area contributed by atoms with Gasteiger partial charge < -0.3 is 28.4 Å². The Morgan fingerprint density at radius 1 is 0.477 bits per heavy atom. The van der Waals surface area contributed by atoms with E-state index in [0.717, 1.165) is 38.5 Å². The Bertz CT molecular complexity index is 1700. The van der Waals surface area contributed by atoms with Gasteiger partial charge in [-0.15, -0.1) is 0 Å². The molecule has 1 atom stereocenters. The maximum Gasteiger partial charge on any atom is 0.377 e. The van der Waals surface area contributed by atoms with Crippen LogP contribution in [-0.2, 0) is 57.2 Å². The van der Waals surface area contributed by atoms with Crippen LogP contribution in [0.1, 0.15) is 137 Å². The molecule has 0 amide bonds. The third-order valence-corrected chi connectivity index (χ3v) is 14.2. The van der Waals surface area contributed by atoms with Gasteiger partial charge in [-0.05, 0) is 139 Å². The van der Waals surface area contributed by atoms with Crippen LogP contribution in [0.5, 0.6) is 0 Å². The first kappa shape index (κ1) is 52.2. The van der Waals surface area contributed by atoms with E-state index in [1.165, 1.54) is 0 Å². The fourth-order valence-electron chi connectivity index (χ4n) is 11.1. The summed E-state index contributed by atoms with van der Waals surface area (Å²) < 4.78 is 142. The lowest BCUT2D eigenvalue weighted by Gasteiger charge is -2.55. The predicted molar refractivity (Wildman–Crippen MR) is 210 cm³/mol. The number of esters is 6. The van der Waals surface area contributed by atoms with Crippen molar-refractivity contribution in [2.75, 3.05) is 26.4 Å². The van der Waals surface area contributed by atoms with Crippen molar-refractivity contribution in [3.05, 3.63) is 0 Å². The van der Waals surface area contributed by atoms with Crippen LogP contribution in [0.3, 0.4) is 0 Å². The van der Waals surface area contributed by atoms with Crippen LogP contribution in [0, 0.1) is 46.8 Å². The summed E-state index contributed by atoms with van der Waals surface area (Å²) in [6, 6.07) is 0. The first-order valence-corrected chi connectivity index (χ1v) is 22.7. The van der Waals surface area contributed by atoms with Crippen LogP contribution in [0.4, 0.5) is 35.1 Å². The summed E-state index contributed by atoms with van der Waals surface area (Å²) in [6.07, 6.45) is 5.11. The molecule has 0 N–H and O–H groups in total. The van der Waals surface area contributed by atoms with E-state index in [1.54, 1.807) is 34.6 Å². The molecule has 0 aromatic carbocycles. The molecule has 8 rings (SSSR count). The molecule has 0 heterocycles. The van der Waals surface area contributed by atoms with Crippen molar-refractivity contribution in [3.63, 3.8) is 0 Å². The van der Waals surface area contributed by atoms with Crippen LogP contribution in [0.2, 0.25) is 0 Å². The van der Waals surface area contributed by atoms with E-state index in [0.29, 0.717) is 86.9 Å². The average Bonchev–Trinajstić information content (AvgIpc) is 3.18. The molecule has 12 nitrogen and oxygen atoms in total. The van der Waals surface area contributed by atoms with Crippen molar-refractivity contribution >= 4 is 35.8 Å². The predicted octanol–water partition coefficient (Wildman–Crippen LogP) is 8.97. The van der Waals surface area contributed by atoms with Gasteiger partial charge in [0, 0.05) is 0 Å². The Hall–Kier alpha value is -3.74. The molecular weight excluding hydrogens is 884 g/mol. The second-order valence-corrected chi connectivity index (χ2v) is 20.3. The van der Waals surface area contributed by atoms with E-state index in [4.69, 9.17) is 18.9 Å². The number of carbonyl (C=O) groups is 6. The highest BCUT2D eigenvalue weighted by molar-refractivity contribution is 5.83. The Morgan fingerprint density at radius 3 is 1.05 bits per heavy atom. The van der Waals surface area contributed by atoms with Gasteiger partial charge in [0.2, 0.25) is 0 Å². The lowest BCUT2D eigenvalue weighted by atomic mass is 9.54. The maximum absolute atomic E-state index is 14.4. The summed E-state index contributed by atoms with van der Waals surface area (Å²) in [5, 5.41) is 0. The van der Waals surface area contributed by atoms with Crippen LogP contribution in [0.15, 0.2) is 0 Å². The topological polar surface area (TPSA) is 158 Å². The SMILES string of the molecule is CCC(C)(C)C(=O)OCCOC(=O)C(F)(F)CC(F)(F)C(=O)OC12CC3CC(CC(C3)C1)C2.CCC(C)C(=O)OCCOC(=O)C(F)(F)CC(F)(F)C(=O)OC12CC3CC(CC(C3)C1)C2. The van der Waals surface area contributed by atoms with Gasteiger partial charge in [0.15, 0.2) is 0 Å². The molecule has 0 aromatic rings. The Balaban J connectivity index is 0.000000244. The molecule has 8 saturated carbocycles. The molecule has 0 aliphatic heterocycles. The quantitative estimate of drug-likeness (QED) is 0.0495. The highest BCUT2D eigenvalue weighted by Gasteiger charge is 2.61. The number of ether oxygens (including phenoxy) is 6. The fraction of sp³-hybridized carbons (Fsp3) is 0.867. The number of hydrogen-bond donors (Lipinski definition) is 0. The van der Waals surface area contributed by atoms with E-state index < -0.39 is 121 Å². The fourth-order valence-corrected chi connectivity index (χ4v) is 11.1. The monoisotopic (exact) mass is 946 g/mol. The van der Waals surface area contributed by atoms with Gasteiger partial charge in [-0.3, -0.25) is 9.59 Å². The molecule has 65 heavy (non-hydrogen) atoms. The zero-order valence-corrected chi connectivity index (χ0v) is 37.6. The molecular formula is C45H62F8O12. The highest BCUT2D eigenvalue weighted by Crippen LogP contribution is 2.59. The minimum Gasteiger partial charge on any atom is -0.462 e. The first-order chi connectivity index (χ1) is 30.0. The number of halogens is 8. The van der Waals surface area contributed by atoms with Crippen molar-refractivity contribution in [1.82, 2.24) is 0 Å². The zero-order valence-electron chi connectivity index (χ0n) is 37.6. The van der Waals surface area contributed by atoms with Crippen LogP contribution >= 0.6 is 0 Å². The molecule has 1 unspecified atom stereocenters. The molecule has 8 bridgehead atoms. The second-order valence-electron chi connectivity index (χ2n) is 20.3. The van der Waals surface area contributed by atoms with Crippen molar-refractivity contribution in [2.45, 2.75) is 172 Å².